The molecule has 0 saturated carbocycles. The minimum absolute atomic E-state index is 0.0348. The predicted octanol–water partition coefficient (Wildman–Crippen LogP) is 1.57. The van der Waals surface area contributed by atoms with E-state index in [1.54, 1.807) is 24.3 Å². The molecule has 1 aromatic rings. The van der Waals surface area contributed by atoms with Crippen molar-refractivity contribution in [1.29, 1.82) is 0 Å². The van der Waals surface area contributed by atoms with Crippen LogP contribution in [0.4, 0.5) is 13.2 Å². The molecule has 19 heavy (non-hydrogen) atoms. The molecular weight excluding hydrogens is 257 g/mol. The zero-order valence-electron chi connectivity index (χ0n) is 10.1. The second-order valence-electron chi connectivity index (χ2n) is 3.77. The number of halogens is 3. The van der Waals surface area contributed by atoms with Crippen LogP contribution in [0.2, 0.25) is 0 Å². The summed E-state index contributed by atoms with van der Waals surface area (Å²) in [6, 6.07) is 6.85. The highest BCUT2D eigenvalue weighted by Gasteiger charge is 2.30. The van der Waals surface area contributed by atoms with Gasteiger partial charge in [0.05, 0.1) is 6.54 Å². The molecule has 1 rings (SSSR count). The van der Waals surface area contributed by atoms with E-state index in [0.29, 0.717) is 11.1 Å². The van der Waals surface area contributed by atoms with Gasteiger partial charge in [-0.25, -0.2) is 0 Å². The van der Waals surface area contributed by atoms with Crippen LogP contribution in [-0.2, 0) is 11.3 Å². The Morgan fingerprint density at radius 3 is 2.74 bits per heavy atom. The van der Waals surface area contributed by atoms with Gasteiger partial charge in [0.2, 0.25) is 5.91 Å². The Morgan fingerprint density at radius 2 is 2.11 bits per heavy atom. The van der Waals surface area contributed by atoms with Gasteiger partial charge in [-0.15, -0.1) is 0 Å². The summed E-state index contributed by atoms with van der Waals surface area (Å²) in [5, 5.41) is 2.21. The highest BCUT2D eigenvalue weighted by Crippen LogP contribution is 2.18. The fourth-order valence-electron chi connectivity index (χ4n) is 1.36. The van der Waals surface area contributed by atoms with E-state index >= 15 is 0 Å². The van der Waals surface area contributed by atoms with Crippen molar-refractivity contribution < 1.29 is 18.0 Å². The van der Waals surface area contributed by atoms with Crippen LogP contribution in [0.5, 0.6) is 0 Å². The van der Waals surface area contributed by atoms with E-state index < -0.39 is 18.5 Å². The lowest BCUT2D eigenvalue weighted by molar-refractivity contribution is -0.153. The van der Waals surface area contributed by atoms with E-state index in [4.69, 9.17) is 5.73 Å². The van der Waals surface area contributed by atoms with Gasteiger partial charge in [-0.3, -0.25) is 4.79 Å². The molecule has 0 saturated heterocycles. The summed E-state index contributed by atoms with van der Waals surface area (Å²) >= 11 is 0. The van der Waals surface area contributed by atoms with Crippen molar-refractivity contribution in [1.82, 2.24) is 5.32 Å². The summed E-state index contributed by atoms with van der Waals surface area (Å²) in [6.45, 7) is 0.263. The molecule has 0 bridgehead atoms. The van der Waals surface area contributed by atoms with Crippen molar-refractivity contribution >= 4 is 5.91 Å². The number of hydrogen-bond acceptors (Lipinski definition) is 2. The maximum atomic E-state index is 11.9. The van der Waals surface area contributed by atoms with Crippen LogP contribution in [0.1, 0.15) is 17.5 Å². The Balaban J connectivity index is 2.56. The number of nitrogens with two attached hydrogens (primary N) is 1. The van der Waals surface area contributed by atoms with E-state index in [1.807, 2.05) is 0 Å². The Labute approximate surface area is 109 Å². The van der Waals surface area contributed by atoms with Crippen molar-refractivity contribution in [3.63, 3.8) is 0 Å². The molecule has 0 aliphatic carbocycles. The van der Waals surface area contributed by atoms with Gasteiger partial charge in [0, 0.05) is 12.1 Å². The van der Waals surface area contributed by atoms with Crippen LogP contribution in [0.15, 0.2) is 24.3 Å². The molecule has 3 nitrogen and oxygen atoms in total. The molecule has 6 heteroatoms. The molecule has 3 N–H and O–H groups in total. The van der Waals surface area contributed by atoms with Crippen molar-refractivity contribution in [2.24, 2.45) is 5.73 Å². The Kier molecular flexibility index (Phi) is 5.39. The third kappa shape index (κ3) is 6.48. The summed E-state index contributed by atoms with van der Waals surface area (Å²) in [5.74, 6) is 4.42. The van der Waals surface area contributed by atoms with E-state index in [0.717, 1.165) is 0 Å². The van der Waals surface area contributed by atoms with Crippen LogP contribution < -0.4 is 11.1 Å². The van der Waals surface area contributed by atoms with Gasteiger partial charge >= 0.3 is 6.18 Å². The maximum Gasteiger partial charge on any atom is 0.397 e. The first kappa shape index (κ1) is 15.1. The summed E-state index contributed by atoms with van der Waals surface area (Å²) in [7, 11) is 0. The predicted molar refractivity (Wildman–Crippen MR) is 64.9 cm³/mol. The number of hydrogen-bond donors (Lipinski definition) is 2. The summed E-state index contributed by atoms with van der Waals surface area (Å²) in [5.41, 5.74) is 6.62. The van der Waals surface area contributed by atoms with E-state index in [1.165, 1.54) is 0 Å². The molecule has 0 aliphatic heterocycles. The molecule has 1 amide bonds. The number of alkyl halides is 3. The van der Waals surface area contributed by atoms with E-state index in [-0.39, 0.29) is 13.1 Å². The standard InChI is InChI=1S/C13H13F3N2O/c14-13(15,16)8-12(19)18-9-11-4-1-3-10(7-11)5-2-6-17/h1,3-4,7H,6,8-9,17H2,(H,18,19). The van der Waals surface area contributed by atoms with Gasteiger partial charge in [0.25, 0.3) is 0 Å². The molecule has 102 valence electrons. The first-order valence-electron chi connectivity index (χ1n) is 5.52. The second kappa shape index (κ2) is 6.81. The molecule has 0 aliphatic rings. The van der Waals surface area contributed by atoms with Crippen molar-refractivity contribution in [2.45, 2.75) is 19.1 Å². The molecule has 0 aromatic heterocycles. The van der Waals surface area contributed by atoms with Gasteiger partial charge in [0.1, 0.15) is 6.42 Å². The maximum absolute atomic E-state index is 11.9. The molecular formula is C13H13F3N2O. The van der Waals surface area contributed by atoms with Crippen LogP contribution >= 0.6 is 0 Å². The van der Waals surface area contributed by atoms with Gasteiger partial charge in [0.15, 0.2) is 0 Å². The Morgan fingerprint density at radius 1 is 1.37 bits per heavy atom. The lowest BCUT2D eigenvalue weighted by Gasteiger charge is -2.08. The SMILES string of the molecule is NCC#Cc1cccc(CNC(=O)CC(F)(F)F)c1. The van der Waals surface area contributed by atoms with Gasteiger partial charge < -0.3 is 11.1 Å². The average molecular weight is 270 g/mol. The van der Waals surface area contributed by atoms with Crippen molar-refractivity contribution in [3.8, 4) is 11.8 Å². The number of rotatable bonds is 3. The zero-order valence-corrected chi connectivity index (χ0v) is 10.1. The molecule has 1 aromatic carbocycles. The van der Waals surface area contributed by atoms with Gasteiger partial charge in [-0.1, -0.05) is 24.0 Å². The van der Waals surface area contributed by atoms with E-state index in [2.05, 4.69) is 17.2 Å². The number of carbonyl (C=O) groups is 1. The van der Waals surface area contributed by atoms with Gasteiger partial charge in [-0.2, -0.15) is 13.2 Å². The molecule has 0 heterocycles. The minimum Gasteiger partial charge on any atom is -0.352 e. The summed E-state index contributed by atoms with van der Waals surface area (Å²) in [4.78, 5) is 11.0. The number of carbonyl (C=O) groups excluding carboxylic acids is 1. The molecule has 0 unspecified atom stereocenters. The highest BCUT2D eigenvalue weighted by molar-refractivity contribution is 5.76. The smallest absolute Gasteiger partial charge is 0.352 e. The Hall–Kier alpha value is -2.00. The number of amides is 1. The third-order valence-electron chi connectivity index (χ3n) is 2.11. The first-order valence-corrected chi connectivity index (χ1v) is 5.52. The second-order valence-corrected chi connectivity index (χ2v) is 3.77. The molecule has 0 atom stereocenters. The zero-order chi connectivity index (χ0) is 14.3. The van der Waals surface area contributed by atoms with Crippen molar-refractivity contribution in [2.75, 3.05) is 6.54 Å². The monoisotopic (exact) mass is 270 g/mol. The van der Waals surface area contributed by atoms with Gasteiger partial charge in [-0.05, 0) is 17.7 Å². The average Bonchev–Trinajstić information content (AvgIpc) is 2.32. The molecule has 0 fully saturated rings. The third-order valence-corrected chi connectivity index (χ3v) is 2.11. The van der Waals surface area contributed by atoms with Crippen molar-refractivity contribution in [3.05, 3.63) is 35.4 Å². The normalized spacial score (nSPS) is 10.5. The number of nitrogens with one attached hydrogen (secondary N) is 1. The highest BCUT2D eigenvalue weighted by atomic mass is 19.4. The topological polar surface area (TPSA) is 55.1 Å². The molecule has 0 radical (unpaired) electrons. The largest absolute Gasteiger partial charge is 0.397 e. The number of benzene rings is 1. The minimum atomic E-state index is -4.49. The Bertz CT molecular complexity index is 501. The fourth-order valence-corrected chi connectivity index (χ4v) is 1.36. The quantitative estimate of drug-likeness (QED) is 0.819. The van der Waals surface area contributed by atoms with E-state index in [9.17, 15) is 18.0 Å². The van der Waals surface area contributed by atoms with Crippen LogP contribution in [0.25, 0.3) is 0 Å². The summed E-state index contributed by atoms with van der Waals surface area (Å²) in [6.07, 6.45) is -5.96. The molecule has 0 spiro atoms. The van der Waals surface area contributed by atoms with Crippen LogP contribution in [0.3, 0.4) is 0 Å². The fraction of sp³-hybridized carbons (Fsp3) is 0.308. The van der Waals surface area contributed by atoms with Crippen LogP contribution in [-0.4, -0.2) is 18.6 Å². The van der Waals surface area contributed by atoms with Crippen LogP contribution in [0, 0.1) is 11.8 Å². The lowest BCUT2D eigenvalue weighted by Crippen LogP contribution is -2.28. The summed E-state index contributed by atoms with van der Waals surface area (Å²) < 4.78 is 35.8. The lowest BCUT2D eigenvalue weighted by atomic mass is 10.1. The first-order chi connectivity index (χ1) is 8.90.